The van der Waals surface area contributed by atoms with Crippen LogP contribution < -0.4 is 10.1 Å². The standard InChI is InChI=1S/C11H11N3O3S/c1-17-8-2-3-9(10(6-8)14(15)16)13-7-11-12-4-5-18-11/h2-6,13H,7H2,1H3. The van der Waals surface area contributed by atoms with Gasteiger partial charge in [0, 0.05) is 11.6 Å². The summed E-state index contributed by atoms with van der Waals surface area (Å²) in [5.41, 5.74) is 0.446. The average Bonchev–Trinajstić information content (AvgIpc) is 2.89. The highest BCUT2D eigenvalue weighted by molar-refractivity contribution is 7.09. The fraction of sp³-hybridized carbons (Fsp3) is 0.182. The smallest absolute Gasteiger partial charge is 0.296 e. The lowest BCUT2D eigenvalue weighted by Crippen LogP contribution is -2.02. The number of aromatic nitrogens is 1. The summed E-state index contributed by atoms with van der Waals surface area (Å²) in [5.74, 6) is 0.460. The molecular formula is C11H11N3O3S. The highest BCUT2D eigenvalue weighted by Crippen LogP contribution is 2.29. The number of ether oxygens (including phenoxy) is 1. The third-order valence-corrected chi connectivity index (χ3v) is 3.09. The zero-order valence-corrected chi connectivity index (χ0v) is 10.4. The van der Waals surface area contributed by atoms with E-state index in [2.05, 4.69) is 10.3 Å². The Labute approximate surface area is 107 Å². The molecule has 6 nitrogen and oxygen atoms in total. The molecule has 0 atom stereocenters. The minimum Gasteiger partial charge on any atom is -0.496 e. The molecule has 0 bridgehead atoms. The number of hydrogen-bond donors (Lipinski definition) is 1. The number of thiazole rings is 1. The minimum atomic E-state index is -0.438. The average molecular weight is 265 g/mol. The minimum absolute atomic E-state index is 0.00842. The van der Waals surface area contributed by atoms with Gasteiger partial charge >= 0.3 is 0 Å². The van der Waals surface area contributed by atoms with Crippen molar-refractivity contribution in [3.63, 3.8) is 0 Å². The van der Waals surface area contributed by atoms with E-state index >= 15 is 0 Å². The van der Waals surface area contributed by atoms with Crippen LogP contribution >= 0.6 is 11.3 Å². The molecule has 1 aromatic heterocycles. The molecule has 0 radical (unpaired) electrons. The molecule has 94 valence electrons. The van der Waals surface area contributed by atoms with E-state index in [0.29, 0.717) is 18.0 Å². The van der Waals surface area contributed by atoms with Gasteiger partial charge in [0.2, 0.25) is 0 Å². The summed E-state index contributed by atoms with van der Waals surface area (Å²) in [6.45, 7) is 0.463. The van der Waals surface area contributed by atoms with Gasteiger partial charge in [-0.3, -0.25) is 10.1 Å². The number of rotatable bonds is 5. The lowest BCUT2D eigenvalue weighted by atomic mass is 10.2. The maximum atomic E-state index is 10.9. The van der Waals surface area contributed by atoms with Crippen LogP contribution in [0.4, 0.5) is 11.4 Å². The quantitative estimate of drug-likeness (QED) is 0.664. The Kier molecular flexibility index (Phi) is 3.73. The topological polar surface area (TPSA) is 77.3 Å². The number of nitro benzene ring substituents is 1. The molecule has 0 aliphatic heterocycles. The number of hydrogen-bond acceptors (Lipinski definition) is 6. The lowest BCUT2D eigenvalue weighted by Gasteiger charge is -2.06. The van der Waals surface area contributed by atoms with E-state index in [1.807, 2.05) is 5.38 Å². The van der Waals surface area contributed by atoms with Crippen molar-refractivity contribution in [2.24, 2.45) is 0 Å². The van der Waals surface area contributed by atoms with Crippen LogP contribution in [0, 0.1) is 10.1 Å². The summed E-state index contributed by atoms with van der Waals surface area (Å²) in [6.07, 6.45) is 1.70. The number of nitrogens with one attached hydrogen (secondary N) is 1. The van der Waals surface area contributed by atoms with Gasteiger partial charge in [0.25, 0.3) is 5.69 Å². The summed E-state index contributed by atoms with van der Waals surface area (Å²) in [5, 5.41) is 16.7. The first-order valence-corrected chi connectivity index (χ1v) is 6.03. The van der Waals surface area contributed by atoms with Gasteiger partial charge in [0.05, 0.1) is 24.6 Å². The second-order valence-electron chi connectivity index (χ2n) is 3.42. The van der Waals surface area contributed by atoms with Gasteiger partial charge in [-0.1, -0.05) is 0 Å². The van der Waals surface area contributed by atoms with Gasteiger partial charge in [-0.15, -0.1) is 11.3 Å². The molecule has 1 N–H and O–H groups in total. The molecule has 18 heavy (non-hydrogen) atoms. The van der Waals surface area contributed by atoms with E-state index in [9.17, 15) is 10.1 Å². The molecule has 0 amide bonds. The molecule has 0 fully saturated rings. The molecule has 7 heteroatoms. The Balaban J connectivity index is 2.18. The monoisotopic (exact) mass is 265 g/mol. The Morgan fingerprint density at radius 2 is 2.39 bits per heavy atom. The second kappa shape index (κ2) is 5.46. The fourth-order valence-corrected chi connectivity index (χ4v) is 2.01. The predicted octanol–water partition coefficient (Wildman–Crippen LogP) is 2.67. The van der Waals surface area contributed by atoms with Crippen LogP contribution in [-0.2, 0) is 6.54 Å². The van der Waals surface area contributed by atoms with E-state index in [1.165, 1.54) is 24.5 Å². The van der Waals surface area contributed by atoms with Crippen molar-refractivity contribution < 1.29 is 9.66 Å². The maximum absolute atomic E-state index is 10.9. The fourth-order valence-electron chi connectivity index (χ4n) is 1.45. The summed E-state index contributed by atoms with van der Waals surface area (Å²) in [7, 11) is 1.47. The summed E-state index contributed by atoms with van der Waals surface area (Å²) in [6, 6.07) is 4.70. The van der Waals surface area contributed by atoms with Crippen molar-refractivity contribution >= 4 is 22.7 Å². The van der Waals surface area contributed by atoms with Crippen LogP contribution in [-0.4, -0.2) is 17.0 Å². The molecule has 0 spiro atoms. The molecule has 2 rings (SSSR count). The van der Waals surface area contributed by atoms with Crippen LogP contribution in [0.5, 0.6) is 5.75 Å². The lowest BCUT2D eigenvalue weighted by molar-refractivity contribution is -0.384. The van der Waals surface area contributed by atoms with E-state index in [0.717, 1.165) is 5.01 Å². The predicted molar refractivity (Wildman–Crippen MR) is 69.1 cm³/mol. The third kappa shape index (κ3) is 2.75. The van der Waals surface area contributed by atoms with Gasteiger partial charge in [-0.25, -0.2) is 4.98 Å². The van der Waals surface area contributed by atoms with Crippen LogP contribution in [0.25, 0.3) is 0 Å². The molecule has 2 aromatic rings. The first kappa shape index (κ1) is 12.3. The Morgan fingerprint density at radius 3 is 3.00 bits per heavy atom. The normalized spacial score (nSPS) is 10.1. The number of methoxy groups -OCH3 is 1. The van der Waals surface area contributed by atoms with Gasteiger partial charge < -0.3 is 10.1 Å². The highest BCUT2D eigenvalue weighted by atomic mass is 32.1. The van der Waals surface area contributed by atoms with Crippen LogP contribution in [0.15, 0.2) is 29.8 Å². The Morgan fingerprint density at radius 1 is 1.56 bits per heavy atom. The van der Waals surface area contributed by atoms with Crippen molar-refractivity contribution in [3.8, 4) is 5.75 Å². The molecular weight excluding hydrogens is 254 g/mol. The van der Waals surface area contributed by atoms with E-state index in [4.69, 9.17) is 4.74 Å². The SMILES string of the molecule is COc1ccc(NCc2nccs2)c([N+](=O)[O-])c1. The number of nitro groups is 1. The van der Waals surface area contributed by atoms with Gasteiger partial charge in [0.15, 0.2) is 0 Å². The van der Waals surface area contributed by atoms with Gasteiger partial charge in [-0.2, -0.15) is 0 Å². The maximum Gasteiger partial charge on any atom is 0.296 e. The number of anilines is 1. The largest absolute Gasteiger partial charge is 0.496 e. The van der Waals surface area contributed by atoms with Crippen molar-refractivity contribution in [2.45, 2.75) is 6.54 Å². The Bertz CT molecular complexity index is 542. The van der Waals surface area contributed by atoms with Crippen LogP contribution in [0.1, 0.15) is 5.01 Å². The first-order valence-electron chi connectivity index (χ1n) is 5.15. The molecule has 0 aliphatic rings. The van der Waals surface area contributed by atoms with E-state index < -0.39 is 4.92 Å². The van der Waals surface area contributed by atoms with Gasteiger partial charge in [0.1, 0.15) is 16.4 Å². The van der Waals surface area contributed by atoms with E-state index in [1.54, 1.807) is 18.3 Å². The van der Waals surface area contributed by atoms with Crippen molar-refractivity contribution in [1.82, 2.24) is 4.98 Å². The van der Waals surface area contributed by atoms with Crippen molar-refractivity contribution in [2.75, 3.05) is 12.4 Å². The van der Waals surface area contributed by atoms with Crippen LogP contribution in [0.3, 0.4) is 0 Å². The van der Waals surface area contributed by atoms with Crippen molar-refractivity contribution in [1.29, 1.82) is 0 Å². The zero-order valence-electron chi connectivity index (χ0n) is 9.62. The zero-order chi connectivity index (χ0) is 13.0. The molecule has 0 aliphatic carbocycles. The van der Waals surface area contributed by atoms with Crippen LogP contribution in [0.2, 0.25) is 0 Å². The highest BCUT2D eigenvalue weighted by Gasteiger charge is 2.14. The molecule has 0 saturated carbocycles. The van der Waals surface area contributed by atoms with E-state index in [-0.39, 0.29) is 5.69 Å². The molecule has 0 saturated heterocycles. The second-order valence-corrected chi connectivity index (χ2v) is 4.40. The third-order valence-electron chi connectivity index (χ3n) is 2.32. The summed E-state index contributed by atoms with van der Waals surface area (Å²) >= 11 is 1.50. The summed E-state index contributed by atoms with van der Waals surface area (Å²) < 4.78 is 4.97. The van der Waals surface area contributed by atoms with Gasteiger partial charge in [-0.05, 0) is 12.1 Å². The molecule has 1 heterocycles. The number of nitrogens with zero attached hydrogens (tertiary/aromatic N) is 2. The summed E-state index contributed by atoms with van der Waals surface area (Å²) in [4.78, 5) is 14.6. The first-order chi connectivity index (χ1) is 8.70. The molecule has 1 aromatic carbocycles. The van der Waals surface area contributed by atoms with Crippen molar-refractivity contribution in [3.05, 3.63) is 44.9 Å². The molecule has 0 unspecified atom stereocenters. The Hall–Kier alpha value is -2.15. The number of benzene rings is 1.